The molecule has 1 nitrogen and oxygen atoms in total. The lowest BCUT2D eigenvalue weighted by molar-refractivity contribution is 0.124. The van der Waals surface area contributed by atoms with Gasteiger partial charge in [-0.2, -0.15) is 0 Å². The van der Waals surface area contributed by atoms with Crippen molar-refractivity contribution in [2.45, 2.75) is 39.7 Å². The molecule has 0 radical (unpaired) electrons. The third-order valence-electron chi connectivity index (χ3n) is 1.29. The van der Waals surface area contributed by atoms with Crippen LogP contribution in [-0.2, 0) is 0 Å². The van der Waals surface area contributed by atoms with Crippen LogP contribution in [0.3, 0.4) is 0 Å². The molecular weight excluding hydrogens is 124 g/mol. The first-order valence-electron chi connectivity index (χ1n) is 3.74. The van der Waals surface area contributed by atoms with E-state index in [1.807, 2.05) is 0 Å². The van der Waals surface area contributed by atoms with Gasteiger partial charge in [0.05, 0.1) is 6.10 Å². The topological polar surface area (TPSA) is 20.2 Å². The van der Waals surface area contributed by atoms with Gasteiger partial charge in [-0.05, 0) is 18.3 Å². The molecule has 1 unspecified atom stereocenters. The Morgan fingerprint density at radius 1 is 1.50 bits per heavy atom. The first kappa shape index (κ1) is 9.70. The quantitative estimate of drug-likeness (QED) is 0.600. The van der Waals surface area contributed by atoms with E-state index in [0.29, 0.717) is 6.42 Å². The summed E-state index contributed by atoms with van der Waals surface area (Å²) in [5, 5.41) is 9.31. The molecule has 10 heavy (non-hydrogen) atoms. The highest BCUT2D eigenvalue weighted by atomic mass is 16.3. The van der Waals surface area contributed by atoms with Crippen LogP contribution in [0.25, 0.3) is 0 Å². The van der Waals surface area contributed by atoms with E-state index in [1.165, 1.54) is 0 Å². The fourth-order valence-corrected chi connectivity index (χ4v) is 0.983. The lowest BCUT2D eigenvalue weighted by atomic mass is 9.88. The molecule has 1 N–H and O–H groups in total. The van der Waals surface area contributed by atoms with Crippen molar-refractivity contribution >= 4 is 0 Å². The Labute approximate surface area is 63.8 Å². The van der Waals surface area contributed by atoms with E-state index < -0.39 is 0 Å². The summed E-state index contributed by atoms with van der Waals surface area (Å²) in [4.78, 5) is 0. The molecule has 0 rings (SSSR count). The Kier molecular flexibility index (Phi) is 3.66. The summed E-state index contributed by atoms with van der Waals surface area (Å²) in [6.07, 6.45) is 3.10. The van der Waals surface area contributed by atoms with Gasteiger partial charge >= 0.3 is 0 Å². The Morgan fingerprint density at radius 3 is 2.30 bits per heavy atom. The highest BCUT2D eigenvalue weighted by Gasteiger charge is 2.14. The maximum absolute atomic E-state index is 9.31. The van der Waals surface area contributed by atoms with E-state index >= 15 is 0 Å². The molecule has 0 aromatic heterocycles. The van der Waals surface area contributed by atoms with Gasteiger partial charge in [-0.25, -0.2) is 0 Å². The number of hydrogen-bond donors (Lipinski definition) is 1. The van der Waals surface area contributed by atoms with Gasteiger partial charge in [0, 0.05) is 0 Å². The molecule has 0 spiro atoms. The molecule has 0 bridgehead atoms. The van der Waals surface area contributed by atoms with Gasteiger partial charge in [0.1, 0.15) is 0 Å². The number of hydrogen-bond acceptors (Lipinski definition) is 1. The smallest absolute Gasteiger partial charge is 0.0579 e. The lowest BCUT2D eigenvalue weighted by Gasteiger charge is -2.21. The minimum Gasteiger partial charge on any atom is -0.393 e. The molecule has 0 saturated heterocycles. The highest BCUT2D eigenvalue weighted by molar-refractivity contribution is 4.76. The second-order valence-electron chi connectivity index (χ2n) is 3.94. The second kappa shape index (κ2) is 3.77. The van der Waals surface area contributed by atoms with Gasteiger partial charge in [-0.15, -0.1) is 6.58 Å². The summed E-state index contributed by atoms with van der Waals surface area (Å²) in [6, 6.07) is 0. The molecular formula is C9H18O. The van der Waals surface area contributed by atoms with Crippen LogP contribution < -0.4 is 0 Å². The van der Waals surface area contributed by atoms with Crippen LogP contribution >= 0.6 is 0 Å². The molecule has 0 aliphatic rings. The SMILES string of the molecule is C=CCC(O)CC(C)(C)C. The van der Waals surface area contributed by atoms with Gasteiger partial charge in [-0.3, -0.25) is 0 Å². The van der Waals surface area contributed by atoms with Crippen molar-refractivity contribution in [2.75, 3.05) is 0 Å². The van der Waals surface area contributed by atoms with Crippen molar-refractivity contribution in [1.82, 2.24) is 0 Å². The second-order valence-corrected chi connectivity index (χ2v) is 3.94. The van der Waals surface area contributed by atoms with Crippen LogP contribution in [0.1, 0.15) is 33.6 Å². The van der Waals surface area contributed by atoms with Crippen molar-refractivity contribution in [2.24, 2.45) is 5.41 Å². The van der Waals surface area contributed by atoms with Crippen molar-refractivity contribution in [1.29, 1.82) is 0 Å². The van der Waals surface area contributed by atoms with Crippen molar-refractivity contribution in [3.63, 3.8) is 0 Å². The monoisotopic (exact) mass is 142 g/mol. The molecule has 0 aromatic rings. The molecule has 0 fully saturated rings. The molecule has 0 aliphatic carbocycles. The first-order chi connectivity index (χ1) is 4.45. The Hall–Kier alpha value is -0.300. The largest absolute Gasteiger partial charge is 0.393 e. The standard InChI is InChI=1S/C9H18O/c1-5-6-8(10)7-9(2,3)4/h5,8,10H,1,6-7H2,2-4H3. The number of rotatable bonds is 3. The highest BCUT2D eigenvalue weighted by Crippen LogP contribution is 2.21. The molecule has 1 atom stereocenters. The van der Waals surface area contributed by atoms with E-state index in [0.717, 1.165) is 6.42 Å². The zero-order valence-electron chi connectivity index (χ0n) is 7.22. The average Bonchev–Trinajstić information content (AvgIpc) is 1.59. The van der Waals surface area contributed by atoms with Crippen LogP contribution in [0, 0.1) is 5.41 Å². The maximum Gasteiger partial charge on any atom is 0.0579 e. The Balaban J connectivity index is 3.56. The molecule has 0 heterocycles. The fourth-order valence-electron chi connectivity index (χ4n) is 0.983. The predicted octanol–water partition coefficient (Wildman–Crippen LogP) is 2.36. The van der Waals surface area contributed by atoms with Crippen LogP contribution in [-0.4, -0.2) is 11.2 Å². The molecule has 0 saturated carbocycles. The zero-order chi connectivity index (χ0) is 8.20. The molecule has 60 valence electrons. The summed E-state index contributed by atoms with van der Waals surface area (Å²) in [5.74, 6) is 0. The molecule has 1 heteroatoms. The zero-order valence-corrected chi connectivity index (χ0v) is 7.22. The first-order valence-corrected chi connectivity index (χ1v) is 3.74. The van der Waals surface area contributed by atoms with E-state index in [-0.39, 0.29) is 11.5 Å². The summed E-state index contributed by atoms with van der Waals surface area (Å²) < 4.78 is 0. The van der Waals surface area contributed by atoms with Crippen LogP contribution in [0.4, 0.5) is 0 Å². The third-order valence-corrected chi connectivity index (χ3v) is 1.29. The Morgan fingerprint density at radius 2 is 2.00 bits per heavy atom. The molecule has 0 aromatic carbocycles. The maximum atomic E-state index is 9.31. The number of aliphatic hydroxyl groups excluding tert-OH is 1. The van der Waals surface area contributed by atoms with Gasteiger partial charge in [0.15, 0.2) is 0 Å². The minimum absolute atomic E-state index is 0.211. The molecule has 0 aliphatic heterocycles. The van der Waals surface area contributed by atoms with Crippen LogP contribution in [0.5, 0.6) is 0 Å². The summed E-state index contributed by atoms with van der Waals surface area (Å²) >= 11 is 0. The Bertz CT molecular complexity index is 99.8. The van der Waals surface area contributed by atoms with Gasteiger partial charge in [0.25, 0.3) is 0 Å². The van der Waals surface area contributed by atoms with Gasteiger partial charge < -0.3 is 5.11 Å². The normalized spacial score (nSPS) is 14.8. The predicted molar refractivity (Wildman–Crippen MR) is 44.9 cm³/mol. The third kappa shape index (κ3) is 5.83. The summed E-state index contributed by atoms with van der Waals surface area (Å²) in [7, 11) is 0. The fraction of sp³-hybridized carbons (Fsp3) is 0.778. The van der Waals surface area contributed by atoms with Gasteiger partial charge in [0.2, 0.25) is 0 Å². The lowest BCUT2D eigenvalue weighted by Crippen LogP contribution is -2.16. The van der Waals surface area contributed by atoms with Crippen LogP contribution in [0.15, 0.2) is 12.7 Å². The summed E-state index contributed by atoms with van der Waals surface area (Å²) in [6.45, 7) is 9.94. The van der Waals surface area contributed by atoms with Gasteiger partial charge in [-0.1, -0.05) is 26.8 Å². The number of aliphatic hydroxyl groups is 1. The van der Waals surface area contributed by atoms with E-state index in [4.69, 9.17) is 0 Å². The van der Waals surface area contributed by atoms with Crippen molar-refractivity contribution in [3.8, 4) is 0 Å². The van der Waals surface area contributed by atoms with Crippen molar-refractivity contribution < 1.29 is 5.11 Å². The molecule has 0 amide bonds. The van der Waals surface area contributed by atoms with E-state index in [9.17, 15) is 5.11 Å². The average molecular weight is 142 g/mol. The summed E-state index contributed by atoms with van der Waals surface area (Å²) in [5.41, 5.74) is 0.225. The van der Waals surface area contributed by atoms with Crippen LogP contribution in [0.2, 0.25) is 0 Å². The van der Waals surface area contributed by atoms with E-state index in [2.05, 4.69) is 27.4 Å². The minimum atomic E-state index is -0.211. The van der Waals surface area contributed by atoms with E-state index in [1.54, 1.807) is 6.08 Å². The van der Waals surface area contributed by atoms with Crippen molar-refractivity contribution in [3.05, 3.63) is 12.7 Å².